The van der Waals surface area contributed by atoms with Crippen molar-refractivity contribution in [3.63, 3.8) is 0 Å². The zero-order valence-electron chi connectivity index (χ0n) is 16.7. The first-order chi connectivity index (χ1) is 15.0. The number of nitrogens with zero attached hydrogens (tertiary/aromatic N) is 1. The molecule has 1 aliphatic heterocycles. The van der Waals surface area contributed by atoms with Crippen LogP contribution in [0.2, 0.25) is 0 Å². The highest BCUT2D eigenvalue weighted by Gasteiger charge is 2.34. The molecule has 0 unspecified atom stereocenters. The van der Waals surface area contributed by atoms with Gasteiger partial charge in [0.15, 0.2) is 0 Å². The number of hydrogen-bond acceptors (Lipinski definition) is 5. The molecule has 31 heavy (non-hydrogen) atoms. The normalized spacial score (nSPS) is 20.6. The lowest BCUT2D eigenvalue weighted by Crippen LogP contribution is -2.34. The number of nitrogens with one attached hydrogen (secondary N) is 1. The fourth-order valence-electron chi connectivity index (χ4n) is 3.60. The van der Waals surface area contributed by atoms with Crippen LogP contribution in [0.1, 0.15) is 29.3 Å². The molecule has 3 atom stereocenters. The lowest BCUT2D eigenvalue weighted by Gasteiger charge is -2.15. The summed E-state index contributed by atoms with van der Waals surface area (Å²) in [5, 5.41) is 9.42. The van der Waals surface area contributed by atoms with Crippen LogP contribution in [-0.2, 0) is 17.8 Å². The zero-order chi connectivity index (χ0) is 21.8. The fourth-order valence-corrected chi connectivity index (χ4v) is 4.43. The molecule has 1 saturated heterocycles. The van der Waals surface area contributed by atoms with E-state index in [9.17, 15) is 14.7 Å². The second-order valence-corrected chi connectivity index (χ2v) is 9.08. The minimum atomic E-state index is -0.513. The number of aliphatic hydroxyl groups is 1. The average molecular weight is 534 g/mol. The van der Waals surface area contributed by atoms with E-state index >= 15 is 0 Å². The quantitative estimate of drug-likeness (QED) is 0.360. The van der Waals surface area contributed by atoms with Gasteiger partial charge in [-0.2, -0.15) is 0 Å². The van der Waals surface area contributed by atoms with Gasteiger partial charge in [0, 0.05) is 28.5 Å². The van der Waals surface area contributed by atoms with E-state index in [1.54, 1.807) is 6.20 Å². The van der Waals surface area contributed by atoms with Crippen LogP contribution in [0.25, 0.3) is 0 Å². The Balaban J connectivity index is 1.51. The molecule has 4 rings (SSSR count). The first kappa shape index (κ1) is 21.8. The molecular formula is C23H23IN2O5. The van der Waals surface area contributed by atoms with E-state index in [4.69, 9.17) is 9.47 Å². The standard InChI is InChI=1S/C23H23IN2O5/c24-19-11-21(31-20(19)13-27)26-12-17(22(28)25-23(26)29)9-16-7-4-8-18(10-16)30-14-15-5-2-1-3-6-15/h1-8,10,12,19-21,27H,9,11,13-14H2,(H,25,28,29)/t19-,20+,21+/m0/s1. The summed E-state index contributed by atoms with van der Waals surface area (Å²) in [6.07, 6.45) is 1.66. The molecule has 0 amide bonds. The number of benzene rings is 2. The van der Waals surface area contributed by atoms with Crippen molar-refractivity contribution in [1.29, 1.82) is 0 Å². The van der Waals surface area contributed by atoms with E-state index in [1.807, 2.05) is 54.6 Å². The second-order valence-electron chi connectivity index (χ2n) is 7.48. The van der Waals surface area contributed by atoms with Gasteiger partial charge >= 0.3 is 5.69 Å². The highest BCUT2D eigenvalue weighted by atomic mass is 127. The minimum absolute atomic E-state index is 0.0910. The van der Waals surface area contributed by atoms with Crippen molar-refractivity contribution in [2.75, 3.05) is 6.61 Å². The van der Waals surface area contributed by atoms with Crippen molar-refractivity contribution in [2.24, 2.45) is 0 Å². The van der Waals surface area contributed by atoms with Crippen LogP contribution in [0.3, 0.4) is 0 Å². The molecule has 0 aliphatic carbocycles. The summed E-state index contributed by atoms with van der Waals surface area (Å²) < 4.78 is 13.2. The van der Waals surface area contributed by atoms with Gasteiger partial charge in [-0.3, -0.25) is 14.3 Å². The van der Waals surface area contributed by atoms with Gasteiger partial charge in [0.05, 0.1) is 12.7 Å². The van der Waals surface area contributed by atoms with Crippen LogP contribution in [0.5, 0.6) is 5.75 Å². The van der Waals surface area contributed by atoms with E-state index in [0.717, 1.165) is 11.1 Å². The first-order valence-corrected chi connectivity index (χ1v) is 11.3. The van der Waals surface area contributed by atoms with Crippen LogP contribution in [0.4, 0.5) is 0 Å². The smallest absolute Gasteiger partial charge is 0.330 e. The maximum absolute atomic E-state index is 12.4. The predicted octanol–water partition coefficient (Wildman–Crippen LogP) is 2.79. The Hall–Kier alpha value is -2.43. The number of aromatic amines is 1. The molecule has 0 radical (unpaired) electrons. The largest absolute Gasteiger partial charge is 0.489 e. The maximum Gasteiger partial charge on any atom is 0.330 e. The number of alkyl halides is 1. The summed E-state index contributed by atoms with van der Waals surface area (Å²) >= 11 is 2.21. The van der Waals surface area contributed by atoms with Crippen LogP contribution < -0.4 is 16.0 Å². The van der Waals surface area contributed by atoms with Crippen LogP contribution in [0, 0.1) is 0 Å². The number of H-pyrrole nitrogens is 1. The minimum Gasteiger partial charge on any atom is -0.489 e. The highest BCUT2D eigenvalue weighted by molar-refractivity contribution is 14.1. The second kappa shape index (κ2) is 9.80. The molecule has 0 saturated carbocycles. The van der Waals surface area contributed by atoms with E-state index in [-0.39, 0.29) is 16.6 Å². The van der Waals surface area contributed by atoms with Gasteiger partial charge in [0.2, 0.25) is 0 Å². The Kier molecular flexibility index (Phi) is 6.89. The summed E-state index contributed by atoms with van der Waals surface area (Å²) in [4.78, 5) is 27.1. The van der Waals surface area contributed by atoms with Crippen molar-refractivity contribution < 1.29 is 14.6 Å². The Morgan fingerprint density at radius 3 is 2.65 bits per heavy atom. The van der Waals surface area contributed by atoms with Gasteiger partial charge in [0.25, 0.3) is 5.56 Å². The monoisotopic (exact) mass is 534 g/mol. The summed E-state index contributed by atoms with van der Waals surface area (Å²) in [6.45, 7) is 0.350. The van der Waals surface area contributed by atoms with Crippen LogP contribution in [0.15, 0.2) is 70.4 Å². The summed E-state index contributed by atoms with van der Waals surface area (Å²) in [5.41, 5.74) is 1.50. The predicted molar refractivity (Wildman–Crippen MR) is 125 cm³/mol. The van der Waals surface area contributed by atoms with Gasteiger partial charge < -0.3 is 14.6 Å². The molecular weight excluding hydrogens is 511 g/mol. The van der Waals surface area contributed by atoms with Crippen LogP contribution in [-0.4, -0.2) is 31.3 Å². The number of rotatable bonds is 7. The molecule has 2 N–H and O–H groups in total. The number of ether oxygens (including phenoxy) is 2. The topological polar surface area (TPSA) is 93.6 Å². The van der Waals surface area contributed by atoms with E-state index in [0.29, 0.717) is 30.8 Å². The number of aromatic nitrogens is 2. The van der Waals surface area contributed by atoms with Crippen molar-refractivity contribution in [2.45, 2.75) is 35.7 Å². The molecule has 1 aliphatic rings. The number of hydrogen-bond donors (Lipinski definition) is 2. The molecule has 8 heteroatoms. The third kappa shape index (κ3) is 5.25. The Morgan fingerprint density at radius 1 is 1.13 bits per heavy atom. The van der Waals surface area contributed by atoms with Gasteiger partial charge in [-0.1, -0.05) is 65.1 Å². The maximum atomic E-state index is 12.4. The molecule has 0 spiro atoms. The van der Waals surface area contributed by atoms with Crippen molar-refractivity contribution >= 4 is 22.6 Å². The van der Waals surface area contributed by atoms with E-state index in [1.165, 1.54) is 4.57 Å². The number of halogens is 1. The molecule has 2 heterocycles. The van der Waals surface area contributed by atoms with E-state index in [2.05, 4.69) is 27.6 Å². The lowest BCUT2D eigenvalue weighted by molar-refractivity contribution is -0.0232. The Morgan fingerprint density at radius 2 is 1.90 bits per heavy atom. The first-order valence-electron chi connectivity index (χ1n) is 10.0. The van der Waals surface area contributed by atoms with E-state index < -0.39 is 17.5 Å². The molecule has 7 nitrogen and oxygen atoms in total. The van der Waals surface area contributed by atoms with Crippen molar-refractivity contribution in [3.05, 3.63) is 98.3 Å². The van der Waals surface area contributed by atoms with Gasteiger partial charge in [-0.05, 0) is 23.3 Å². The average Bonchev–Trinajstić information content (AvgIpc) is 3.15. The fraction of sp³-hybridized carbons (Fsp3) is 0.304. The molecule has 1 aromatic heterocycles. The van der Waals surface area contributed by atoms with Crippen LogP contribution >= 0.6 is 22.6 Å². The van der Waals surface area contributed by atoms with Crippen molar-refractivity contribution in [3.8, 4) is 5.75 Å². The Labute approximate surface area is 192 Å². The molecule has 162 valence electrons. The summed E-state index contributed by atoms with van der Waals surface area (Å²) in [5.74, 6) is 0.712. The summed E-state index contributed by atoms with van der Waals surface area (Å²) in [6, 6.07) is 17.5. The zero-order valence-corrected chi connectivity index (χ0v) is 18.9. The van der Waals surface area contributed by atoms with Gasteiger partial charge in [0.1, 0.15) is 18.6 Å². The summed E-state index contributed by atoms with van der Waals surface area (Å²) in [7, 11) is 0. The third-order valence-electron chi connectivity index (χ3n) is 5.24. The highest BCUT2D eigenvalue weighted by Crippen LogP contribution is 2.32. The molecule has 1 fully saturated rings. The van der Waals surface area contributed by atoms with Gasteiger partial charge in [-0.25, -0.2) is 4.79 Å². The number of aliphatic hydroxyl groups excluding tert-OH is 1. The lowest BCUT2D eigenvalue weighted by atomic mass is 10.1. The van der Waals surface area contributed by atoms with Crippen molar-refractivity contribution in [1.82, 2.24) is 9.55 Å². The molecule has 0 bridgehead atoms. The SMILES string of the molecule is O=c1[nH]c(=O)n([C@H]2C[C@H](I)[C@@H](CO)O2)cc1Cc1cccc(OCc2ccccc2)c1. The molecule has 3 aromatic rings. The third-order valence-corrected chi connectivity index (χ3v) is 6.55. The Bertz CT molecular complexity index is 1140. The molecule has 2 aromatic carbocycles. The van der Waals surface area contributed by atoms with Gasteiger partial charge in [-0.15, -0.1) is 0 Å².